The molecule has 1 heterocycles. The van der Waals surface area contributed by atoms with Crippen molar-refractivity contribution in [1.82, 2.24) is 58.5 Å². The zero-order valence-electron chi connectivity index (χ0n) is 46.5. The van der Waals surface area contributed by atoms with Crippen LogP contribution in [0.3, 0.4) is 0 Å². The number of nitrogens with one attached hydrogen (secondary N) is 11. The maximum Gasteiger partial charge on any atom is 0.245 e. The predicted octanol–water partition coefficient (Wildman–Crippen LogP) is -7.74. The molecule has 0 aliphatic carbocycles. The minimum absolute atomic E-state index is 0.0194. The third kappa shape index (κ3) is 25.7. The molecule has 0 unspecified atom stereocenters. The second kappa shape index (κ2) is 37.7. The van der Waals surface area contributed by atoms with Crippen LogP contribution in [0.15, 0.2) is 0 Å². The van der Waals surface area contributed by atoms with Gasteiger partial charge in [0.1, 0.15) is 60.4 Å². The van der Waals surface area contributed by atoms with E-state index in [4.69, 9.17) is 28.7 Å². The lowest BCUT2D eigenvalue weighted by molar-refractivity contribution is -0.137. The Morgan fingerprint density at radius 2 is 0.987 bits per heavy atom. The van der Waals surface area contributed by atoms with E-state index in [1.165, 1.54) is 20.8 Å². The third-order valence-corrected chi connectivity index (χ3v) is 12.6. The topological polar surface area (TPSA) is 511 Å². The van der Waals surface area contributed by atoms with E-state index in [9.17, 15) is 68.1 Å². The van der Waals surface area contributed by atoms with Crippen LogP contribution in [0.25, 0.3) is 0 Å². The smallest absolute Gasteiger partial charge is 0.245 e. The van der Waals surface area contributed by atoms with Gasteiger partial charge in [0.2, 0.25) is 65.0 Å². The van der Waals surface area contributed by atoms with E-state index in [0.29, 0.717) is 6.42 Å². The molecular formula is C49H92N16O14. The maximum absolute atomic E-state index is 14.3. The fourth-order valence-corrected chi connectivity index (χ4v) is 8.17. The van der Waals surface area contributed by atoms with Gasteiger partial charge < -0.3 is 102 Å². The minimum Gasteiger partial charge on any atom is -0.391 e. The predicted molar refractivity (Wildman–Crippen MR) is 289 cm³/mol. The maximum atomic E-state index is 14.3. The summed E-state index contributed by atoms with van der Waals surface area (Å²) < 4.78 is 0. The molecule has 13 atom stereocenters. The Balaban J connectivity index is 3.82. The molecule has 1 aliphatic rings. The van der Waals surface area contributed by atoms with Crippen molar-refractivity contribution in [2.75, 3.05) is 39.3 Å². The number of rotatable bonds is 27. The Kier molecular flexibility index (Phi) is 33.8. The number of unbranched alkanes of at least 4 members (excludes halogenated alkanes) is 3. The SMILES string of the molecule is CCCCCCC(=O)N[C@@H](CCN)C(=O)N[C@H](C(=O)N[C@@H](CCN)C(=O)N[C@H]1CCNC(=O)[C@H]([C@@H](C)O)NC(=O)[C@H](CCN)NC(=O)[C@H](CCN)NC(=O)[C@H]([C@@H](C)O)NC(=O)[C@@H](CC(C)C)NC(=O)[C@H](CCN)NC1=O)[C@@H](C)O. The highest BCUT2D eigenvalue weighted by molar-refractivity contribution is 5.99. The van der Waals surface area contributed by atoms with Gasteiger partial charge >= 0.3 is 0 Å². The molecule has 452 valence electrons. The van der Waals surface area contributed by atoms with Gasteiger partial charge in [0.15, 0.2) is 0 Å². The van der Waals surface area contributed by atoms with Crippen molar-refractivity contribution in [1.29, 1.82) is 0 Å². The summed E-state index contributed by atoms with van der Waals surface area (Å²) in [6, 6.07) is -15.4. The first-order chi connectivity index (χ1) is 37.3. The van der Waals surface area contributed by atoms with E-state index in [0.717, 1.165) is 19.3 Å². The molecular weight excluding hydrogens is 1040 g/mol. The van der Waals surface area contributed by atoms with Crippen molar-refractivity contribution in [2.24, 2.45) is 34.6 Å². The average molecular weight is 1130 g/mol. The summed E-state index contributed by atoms with van der Waals surface area (Å²) >= 11 is 0. The van der Waals surface area contributed by atoms with Crippen LogP contribution in [0.5, 0.6) is 0 Å². The molecule has 0 aromatic carbocycles. The van der Waals surface area contributed by atoms with E-state index in [-0.39, 0.29) is 83.6 Å². The van der Waals surface area contributed by atoms with Crippen LogP contribution in [-0.2, 0) is 52.7 Å². The highest BCUT2D eigenvalue weighted by Gasteiger charge is 2.38. The van der Waals surface area contributed by atoms with E-state index in [1.807, 2.05) is 6.92 Å². The Morgan fingerprint density at radius 1 is 0.532 bits per heavy atom. The van der Waals surface area contributed by atoms with Gasteiger partial charge in [-0.2, -0.15) is 0 Å². The lowest BCUT2D eigenvalue weighted by atomic mass is 10.0. The van der Waals surface area contributed by atoms with Crippen LogP contribution in [0.2, 0.25) is 0 Å². The fourth-order valence-electron chi connectivity index (χ4n) is 8.17. The molecule has 1 rings (SSSR count). The molecule has 24 N–H and O–H groups in total. The van der Waals surface area contributed by atoms with Crippen molar-refractivity contribution in [3.8, 4) is 0 Å². The van der Waals surface area contributed by atoms with Crippen molar-refractivity contribution in [3.05, 3.63) is 0 Å². The number of hydrogen-bond acceptors (Lipinski definition) is 19. The largest absolute Gasteiger partial charge is 0.391 e. The molecule has 30 nitrogen and oxygen atoms in total. The van der Waals surface area contributed by atoms with Gasteiger partial charge in [-0.3, -0.25) is 52.7 Å². The monoisotopic (exact) mass is 1130 g/mol. The van der Waals surface area contributed by atoms with Crippen LogP contribution < -0.4 is 87.2 Å². The molecule has 1 aliphatic heterocycles. The number of aliphatic hydroxyl groups excluding tert-OH is 3. The lowest BCUT2D eigenvalue weighted by Gasteiger charge is -2.29. The van der Waals surface area contributed by atoms with Gasteiger partial charge in [-0.05, 0) is 111 Å². The summed E-state index contributed by atoms with van der Waals surface area (Å²) in [4.78, 5) is 151. The zero-order chi connectivity index (χ0) is 59.9. The van der Waals surface area contributed by atoms with Crippen molar-refractivity contribution in [3.63, 3.8) is 0 Å². The highest BCUT2D eigenvalue weighted by atomic mass is 16.3. The standard InChI is InChI=1S/C49H92N16O14/c1-7-8-9-10-11-36(69)56-29(12-18-50)44(74)64-38(27(5)67)48(78)61-32(15-21-53)41(71)59-34-17-23-55-47(77)37(26(4)66)63-45(75)33(16-22-54)58-40(70)31(14-20-52)60-49(79)39(28(6)68)65-46(76)35(24-25(2)3)62-42(72)30(13-19-51)57-43(34)73/h25-35,37-39,66-68H,7-24,50-54H2,1-6H3,(H,55,77)(H,56,69)(H,57,73)(H,58,70)(H,59,71)(H,60,79)(H,61,78)(H,62,72)(H,63,75)(H,64,74)(H,65,76)/t26-,27-,28-,29+,30+,31+,32+,33+,34+,35-,37+,38+,39+/m1/s1. The van der Waals surface area contributed by atoms with Gasteiger partial charge in [-0.15, -0.1) is 0 Å². The average Bonchev–Trinajstić information content (AvgIpc) is 3.37. The molecule has 0 spiro atoms. The van der Waals surface area contributed by atoms with Crippen LogP contribution in [0, 0.1) is 5.92 Å². The number of carbonyl (C=O) groups excluding carboxylic acids is 11. The highest BCUT2D eigenvalue weighted by Crippen LogP contribution is 2.11. The van der Waals surface area contributed by atoms with E-state index in [1.54, 1.807) is 13.8 Å². The number of aliphatic hydroxyl groups is 3. The minimum atomic E-state index is -1.73. The lowest BCUT2D eigenvalue weighted by Crippen LogP contribution is -2.62. The van der Waals surface area contributed by atoms with Crippen LogP contribution >= 0.6 is 0 Å². The molecule has 30 heteroatoms. The summed E-state index contributed by atoms with van der Waals surface area (Å²) in [5.41, 5.74) is 29.0. The molecule has 11 amide bonds. The third-order valence-electron chi connectivity index (χ3n) is 12.6. The first-order valence-corrected chi connectivity index (χ1v) is 27.2. The molecule has 1 saturated heterocycles. The second-order valence-electron chi connectivity index (χ2n) is 20.1. The summed E-state index contributed by atoms with van der Waals surface area (Å²) in [5, 5.41) is 59.2. The summed E-state index contributed by atoms with van der Waals surface area (Å²) in [7, 11) is 0. The second-order valence-corrected chi connectivity index (χ2v) is 20.1. The Morgan fingerprint density at radius 3 is 1.46 bits per heavy atom. The van der Waals surface area contributed by atoms with E-state index in [2.05, 4.69) is 58.5 Å². The van der Waals surface area contributed by atoms with Crippen LogP contribution in [0.1, 0.15) is 119 Å². The number of carbonyl (C=O) groups is 11. The molecule has 0 aromatic rings. The Bertz CT molecular complexity index is 2000. The normalized spacial score (nSPS) is 23.8. The first kappa shape index (κ1) is 70.9. The van der Waals surface area contributed by atoms with Gasteiger partial charge in [-0.1, -0.05) is 40.0 Å². The van der Waals surface area contributed by atoms with Crippen molar-refractivity contribution in [2.45, 2.75) is 197 Å². The number of amides is 11. The van der Waals surface area contributed by atoms with Crippen LogP contribution in [0.4, 0.5) is 0 Å². The number of nitrogens with two attached hydrogens (primary N) is 5. The summed E-state index contributed by atoms with van der Waals surface area (Å²) in [5.74, 6) is -10.6. The Hall–Kier alpha value is -6.15. The molecule has 0 bridgehead atoms. The van der Waals surface area contributed by atoms with Gasteiger partial charge in [0.25, 0.3) is 0 Å². The van der Waals surface area contributed by atoms with Gasteiger partial charge in [-0.25, -0.2) is 0 Å². The molecule has 1 fully saturated rings. The molecule has 0 aromatic heterocycles. The van der Waals surface area contributed by atoms with Crippen molar-refractivity contribution >= 4 is 65.0 Å². The molecule has 79 heavy (non-hydrogen) atoms. The molecule has 0 saturated carbocycles. The summed E-state index contributed by atoms with van der Waals surface area (Å²) in [6.45, 7) is 7.74. The molecule has 0 radical (unpaired) electrons. The van der Waals surface area contributed by atoms with Gasteiger partial charge in [0.05, 0.1) is 18.3 Å². The van der Waals surface area contributed by atoms with E-state index < -0.39 is 157 Å². The summed E-state index contributed by atoms with van der Waals surface area (Å²) in [6.07, 6.45) is -2.83. The van der Waals surface area contributed by atoms with Gasteiger partial charge in [0, 0.05) is 13.0 Å². The quantitative estimate of drug-likeness (QED) is 0.0340. The zero-order valence-corrected chi connectivity index (χ0v) is 46.5. The van der Waals surface area contributed by atoms with Crippen molar-refractivity contribution < 1.29 is 68.1 Å². The van der Waals surface area contributed by atoms with E-state index >= 15 is 0 Å². The van der Waals surface area contributed by atoms with Crippen LogP contribution in [-0.4, -0.2) is 198 Å². The Labute approximate surface area is 461 Å². The fraction of sp³-hybridized carbons (Fsp3) is 0.776. The number of hydrogen-bond donors (Lipinski definition) is 19. The first-order valence-electron chi connectivity index (χ1n) is 27.2.